The summed E-state index contributed by atoms with van der Waals surface area (Å²) in [6, 6.07) is 0.284. The largest absolute Gasteiger partial charge is 0.364 e. The van der Waals surface area contributed by atoms with Crippen LogP contribution in [0.3, 0.4) is 0 Å². The van der Waals surface area contributed by atoms with Crippen LogP contribution in [0.4, 0.5) is 0 Å². The van der Waals surface area contributed by atoms with Crippen molar-refractivity contribution < 1.29 is 9.53 Å². The SMILES string of the molecule is CCN1CCCC(NC(=O)[C@@H]2CC[C@H](CN)O2)C1.Cl.Cl. The first-order valence-electron chi connectivity index (χ1n) is 7.11. The van der Waals surface area contributed by atoms with Gasteiger partial charge in [0.2, 0.25) is 5.91 Å². The maximum Gasteiger partial charge on any atom is 0.249 e. The van der Waals surface area contributed by atoms with Gasteiger partial charge in [0.1, 0.15) is 6.10 Å². The molecule has 2 aliphatic heterocycles. The van der Waals surface area contributed by atoms with E-state index in [4.69, 9.17) is 10.5 Å². The van der Waals surface area contributed by atoms with Gasteiger partial charge in [-0.1, -0.05) is 6.92 Å². The van der Waals surface area contributed by atoms with Crippen molar-refractivity contribution in [2.24, 2.45) is 5.73 Å². The fourth-order valence-corrected chi connectivity index (χ4v) is 2.83. The summed E-state index contributed by atoms with van der Waals surface area (Å²) in [5, 5.41) is 3.12. The van der Waals surface area contributed by atoms with E-state index in [2.05, 4.69) is 17.1 Å². The van der Waals surface area contributed by atoms with E-state index in [1.807, 2.05) is 0 Å². The van der Waals surface area contributed by atoms with Crippen molar-refractivity contribution in [3.63, 3.8) is 0 Å². The number of likely N-dealkylation sites (N-methyl/N-ethyl adjacent to an activating group) is 1. The number of carbonyl (C=O) groups is 1. The molecule has 1 unspecified atom stereocenters. The fraction of sp³-hybridized carbons (Fsp3) is 0.923. The molecule has 0 aromatic heterocycles. The van der Waals surface area contributed by atoms with Crippen molar-refractivity contribution in [2.45, 2.75) is 50.9 Å². The van der Waals surface area contributed by atoms with Crippen LogP contribution in [-0.2, 0) is 9.53 Å². The highest BCUT2D eigenvalue weighted by molar-refractivity contribution is 5.85. The fourth-order valence-electron chi connectivity index (χ4n) is 2.83. The van der Waals surface area contributed by atoms with Gasteiger partial charge in [-0.3, -0.25) is 4.79 Å². The van der Waals surface area contributed by atoms with E-state index in [0.29, 0.717) is 6.54 Å². The summed E-state index contributed by atoms with van der Waals surface area (Å²) < 4.78 is 5.62. The molecular weight excluding hydrogens is 301 g/mol. The van der Waals surface area contributed by atoms with Crippen LogP contribution in [-0.4, -0.2) is 55.2 Å². The van der Waals surface area contributed by atoms with Crippen molar-refractivity contribution >= 4 is 30.7 Å². The van der Waals surface area contributed by atoms with Crippen LogP contribution in [0.25, 0.3) is 0 Å². The lowest BCUT2D eigenvalue weighted by Gasteiger charge is -2.32. The van der Waals surface area contributed by atoms with Gasteiger partial charge < -0.3 is 20.7 Å². The summed E-state index contributed by atoms with van der Waals surface area (Å²) in [5.74, 6) is 0.0499. The molecule has 5 nitrogen and oxygen atoms in total. The Kier molecular flexibility index (Phi) is 9.76. The number of halogens is 2. The normalized spacial score (nSPS) is 30.2. The minimum Gasteiger partial charge on any atom is -0.364 e. The predicted octanol–water partition coefficient (Wildman–Crippen LogP) is 0.937. The van der Waals surface area contributed by atoms with E-state index < -0.39 is 0 Å². The van der Waals surface area contributed by atoms with Crippen molar-refractivity contribution in [1.29, 1.82) is 0 Å². The smallest absolute Gasteiger partial charge is 0.249 e. The van der Waals surface area contributed by atoms with Crippen LogP contribution in [0.15, 0.2) is 0 Å². The van der Waals surface area contributed by atoms with Crippen molar-refractivity contribution in [3.05, 3.63) is 0 Å². The molecule has 1 amide bonds. The maximum absolute atomic E-state index is 12.1. The third-order valence-electron chi connectivity index (χ3n) is 3.96. The first-order valence-corrected chi connectivity index (χ1v) is 7.11. The molecule has 2 heterocycles. The summed E-state index contributed by atoms with van der Waals surface area (Å²) >= 11 is 0. The number of carbonyl (C=O) groups excluding carboxylic acids is 1. The Morgan fingerprint density at radius 2 is 2.10 bits per heavy atom. The zero-order valence-corrected chi connectivity index (χ0v) is 13.7. The molecule has 0 spiro atoms. The molecule has 2 rings (SSSR count). The second kappa shape index (κ2) is 9.79. The molecule has 7 heteroatoms. The predicted molar refractivity (Wildman–Crippen MR) is 84.7 cm³/mol. The summed E-state index contributed by atoms with van der Waals surface area (Å²) in [7, 11) is 0. The molecule has 0 bridgehead atoms. The summed E-state index contributed by atoms with van der Waals surface area (Å²) in [6.07, 6.45) is 3.73. The Hall–Kier alpha value is -0.0700. The molecule has 2 fully saturated rings. The van der Waals surface area contributed by atoms with E-state index in [1.165, 1.54) is 0 Å². The lowest BCUT2D eigenvalue weighted by molar-refractivity contribution is -0.133. The van der Waals surface area contributed by atoms with Crippen LogP contribution in [0.5, 0.6) is 0 Å². The lowest BCUT2D eigenvalue weighted by Crippen LogP contribution is -2.50. The quantitative estimate of drug-likeness (QED) is 0.806. The van der Waals surface area contributed by atoms with E-state index in [0.717, 1.165) is 45.3 Å². The number of hydrogen-bond acceptors (Lipinski definition) is 4. The first-order chi connectivity index (χ1) is 8.72. The first kappa shape index (κ1) is 19.9. The molecule has 120 valence electrons. The monoisotopic (exact) mass is 327 g/mol. The average Bonchev–Trinajstić information content (AvgIpc) is 2.88. The van der Waals surface area contributed by atoms with E-state index >= 15 is 0 Å². The molecule has 20 heavy (non-hydrogen) atoms. The second-order valence-corrected chi connectivity index (χ2v) is 5.30. The van der Waals surface area contributed by atoms with Crippen LogP contribution >= 0.6 is 24.8 Å². The molecule has 3 atom stereocenters. The number of piperidine rings is 1. The van der Waals surface area contributed by atoms with E-state index in [1.54, 1.807) is 0 Å². The molecule has 0 aromatic carbocycles. The summed E-state index contributed by atoms with van der Waals surface area (Å²) in [4.78, 5) is 14.5. The maximum atomic E-state index is 12.1. The Balaban J connectivity index is 0.00000180. The molecular formula is C13H27Cl2N3O2. The zero-order chi connectivity index (χ0) is 13.0. The highest BCUT2D eigenvalue weighted by Crippen LogP contribution is 2.19. The number of nitrogens with zero attached hydrogens (tertiary/aromatic N) is 1. The molecule has 0 saturated carbocycles. The molecule has 2 saturated heterocycles. The van der Waals surface area contributed by atoms with Crippen LogP contribution in [0.2, 0.25) is 0 Å². The van der Waals surface area contributed by atoms with Gasteiger partial charge in [-0.05, 0) is 38.8 Å². The Bertz CT molecular complexity index is 295. The third-order valence-corrected chi connectivity index (χ3v) is 3.96. The van der Waals surface area contributed by atoms with Gasteiger partial charge in [-0.2, -0.15) is 0 Å². The highest BCUT2D eigenvalue weighted by atomic mass is 35.5. The standard InChI is InChI=1S/C13H25N3O2.2ClH/c1-2-16-7-3-4-10(9-16)15-13(17)12-6-5-11(8-14)18-12;;/h10-12H,2-9,14H2,1H3,(H,15,17);2*1H/t10?,11-,12+;;/m1../s1. The van der Waals surface area contributed by atoms with Gasteiger partial charge in [-0.25, -0.2) is 0 Å². The summed E-state index contributed by atoms with van der Waals surface area (Å²) in [6.45, 7) is 5.85. The number of nitrogens with two attached hydrogens (primary N) is 1. The Morgan fingerprint density at radius 3 is 2.70 bits per heavy atom. The molecule has 0 radical (unpaired) electrons. The molecule has 0 aromatic rings. The minimum atomic E-state index is -0.282. The van der Waals surface area contributed by atoms with Gasteiger partial charge >= 0.3 is 0 Å². The Morgan fingerprint density at radius 1 is 1.35 bits per heavy atom. The van der Waals surface area contributed by atoms with Crippen LogP contribution in [0, 0.1) is 0 Å². The third kappa shape index (κ3) is 5.37. The lowest BCUT2D eigenvalue weighted by atomic mass is 10.1. The van der Waals surface area contributed by atoms with Crippen LogP contribution < -0.4 is 11.1 Å². The number of rotatable bonds is 4. The van der Waals surface area contributed by atoms with Crippen LogP contribution in [0.1, 0.15) is 32.6 Å². The van der Waals surface area contributed by atoms with Gasteiger partial charge in [0.15, 0.2) is 0 Å². The second-order valence-electron chi connectivity index (χ2n) is 5.30. The van der Waals surface area contributed by atoms with E-state index in [9.17, 15) is 4.79 Å². The molecule has 3 N–H and O–H groups in total. The number of nitrogens with one attached hydrogen (secondary N) is 1. The molecule has 0 aliphatic carbocycles. The Labute approximate surface area is 133 Å². The number of amides is 1. The number of ether oxygens (including phenoxy) is 1. The minimum absolute atomic E-state index is 0. The number of hydrogen-bond donors (Lipinski definition) is 2. The summed E-state index contributed by atoms with van der Waals surface area (Å²) in [5.41, 5.74) is 5.55. The average molecular weight is 328 g/mol. The zero-order valence-electron chi connectivity index (χ0n) is 12.0. The van der Waals surface area contributed by atoms with Crippen molar-refractivity contribution in [2.75, 3.05) is 26.2 Å². The van der Waals surface area contributed by atoms with Gasteiger partial charge in [0, 0.05) is 19.1 Å². The van der Waals surface area contributed by atoms with Gasteiger partial charge in [-0.15, -0.1) is 24.8 Å². The van der Waals surface area contributed by atoms with Gasteiger partial charge in [0.25, 0.3) is 0 Å². The molecule has 2 aliphatic rings. The van der Waals surface area contributed by atoms with Crippen molar-refractivity contribution in [3.8, 4) is 0 Å². The van der Waals surface area contributed by atoms with Crippen molar-refractivity contribution in [1.82, 2.24) is 10.2 Å². The number of likely N-dealkylation sites (tertiary alicyclic amines) is 1. The highest BCUT2D eigenvalue weighted by Gasteiger charge is 2.31. The topological polar surface area (TPSA) is 67.6 Å². The van der Waals surface area contributed by atoms with Gasteiger partial charge in [0.05, 0.1) is 6.10 Å². The van der Waals surface area contributed by atoms with E-state index in [-0.39, 0.29) is 49.0 Å².